The van der Waals surface area contributed by atoms with Crippen LogP contribution in [0.1, 0.15) is 15.9 Å². The van der Waals surface area contributed by atoms with Crippen molar-refractivity contribution in [2.45, 2.75) is 5.75 Å². The van der Waals surface area contributed by atoms with E-state index >= 15 is 0 Å². The Kier molecular flexibility index (Phi) is 4.85. The van der Waals surface area contributed by atoms with Crippen LogP contribution in [-0.4, -0.2) is 11.5 Å². The molecule has 0 aromatic heterocycles. The Balaban J connectivity index is 1.82. The number of halogens is 1. The number of Topliss-reactive ketones (excluding diaryl/α,β-unsaturated/α-hetero) is 1. The lowest BCUT2D eigenvalue weighted by molar-refractivity contribution is 0.102. The third-order valence-corrected chi connectivity index (χ3v) is 3.77. The predicted molar refractivity (Wildman–Crippen MR) is 78.4 cm³/mol. The molecule has 18 heavy (non-hydrogen) atoms. The summed E-state index contributed by atoms with van der Waals surface area (Å²) < 4.78 is 0. The van der Waals surface area contributed by atoms with Crippen LogP contribution in [0.3, 0.4) is 0 Å². The van der Waals surface area contributed by atoms with E-state index in [4.69, 9.17) is 11.6 Å². The highest BCUT2D eigenvalue weighted by atomic mass is 35.5. The van der Waals surface area contributed by atoms with Crippen LogP contribution in [0, 0.1) is 0 Å². The molecule has 92 valence electrons. The largest absolute Gasteiger partial charge is 0.293 e. The van der Waals surface area contributed by atoms with Crippen molar-refractivity contribution in [2.24, 2.45) is 0 Å². The first-order valence-corrected chi connectivity index (χ1v) is 7.19. The van der Waals surface area contributed by atoms with Gasteiger partial charge in [-0.2, -0.15) is 0 Å². The van der Waals surface area contributed by atoms with E-state index in [1.807, 2.05) is 54.6 Å². The maximum atomic E-state index is 11.8. The van der Waals surface area contributed by atoms with Gasteiger partial charge in [0.1, 0.15) is 0 Å². The summed E-state index contributed by atoms with van der Waals surface area (Å²) in [5, 5.41) is 0.740. The average molecular weight is 277 g/mol. The summed E-state index contributed by atoms with van der Waals surface area (Å²) >= 11 is 7.44. The summed E-state index contributed by atoms with van der Waals surface area (Å²) in [6, 6.07) is 17.1. The number of thioether (sulfide) groups is 1. The van der Waals surface area contributed by atoms with Crippen LogP contribution < -0.4 is 0 Å². The predicted octanol–water partition coefficient (Wildman–Crippen LogP) is 4.46. The first kappa shape index (κ1) is 13.2. The molecule has 0 saturated heterocycles. The highest BCUT2D eigenvalue weighted by molar-refractivity contribution is 7.99. The van der Waals surface area contributed by atoms with Crippen LogP contribution in [0.25, 0.3) is 0 Å². The third-order valence-electron chi connectivity index (χ3n) is 2.51. The second kappa shape index (κ2) is 6.62. The summed E-state index contributed by atoms with van der Waals surface area (Å²) in [6.45, 7) is 0. The molecular formula is C15H13ClOS. The number of rotatable bonds is 5. The summed E-state index contributed by atoms with van der Waals surface area (Å²) in [6.07, 6.45) is 0. The van der Waals surface area contributed by atoms with Crippen molar-refractivity contribution in [1.82, 2.24) is 0 Å². The van der Waals surface area contributed by atoms with E-state index in [9.17, 15) is 4.79 Å². The van der Waals surface area contributed by atoms with Gasteiger partial charge in [-0.15, -0.1) is 11.8 Å². The van der Waals surface area contributed by atoms with E-state index in [0.717, 1.165) is 16.3 Å². The number of hydrogen-bond acceptors (Lipinski definition) is 2. The van der Waals surface area contributed by atoms with Crippen LogP contribution in [-0.2, 0) is 5.75 Å². The van der Waals surface area contributed by atoms with Crippen molar-refractivity contribution >= 4 is 29.1 Å². The maximum Gasteiger partial charge on any atom is 0.172 e. The molecule has 0 spiro atoms. The molecule has 0 heterocycles. The number of carbonyl (C=O) groups is 1. The zero-order valence-electron chi connectivity index (χ0n) is 9.80. The normalized spacial score (nSPS) is 10.3. The Morgan fingerprint density at radius 1 is 1.00 bits per heavy atom. The molecule has 0 aliphatic carbocycles. The molecule has 1 nitrogen and oxygen atoms in total. The van der Waals surface area contributed by atoms with Gasteiger partial charge in [0.15, 0.2) is 5.78 Å². The molecule has 2 rings (SSSR count). The lowest BCUT2D eigenvalue weighted by Gasteiger charge is -2.02. The monoisotopic (exact) mass is 276 g/mol. The number of benzene rings is 2. The van der Waals surface area contributed by atoms with E-state index in [1.165, 1.54) is 5.56 Å². The number of hydrogen-bond donors (Lipinski definition) is 0. The quantitative estimate of drug-likeness (QED) is 0.750. The first-order valence-electron chi connectivity index (χ1n) is 5.66. The molecule has 3 heteroatoms. The van der Waals surface area contributed by atoms with Crippen molar-refractivity contribution in [1.29, 1.82) is 0 Å². The minimum Gasteiger partial charge on any atom is -0.293 e. The molecule has 2 aromatic rings. The van der Waals surface area contributed by atoms with Crippen LogP contribution in [0.5, 0.6) is 0 Å². The number of carbonyl (C=O) groups excluding carboxylic acids is 1. The fourth-order valence-corrected chi connectivity index (χ4v) is 2.56. The van der Waals surface area contributed by atoms with Crippen molar-refractivity contribution < 1.29 is 4.79 Å². The smallest absolute Gasteiger partial charge is 0.172 e. The van der Waals surface area contributed by atoms with E-state index < -0.39 is 0 Å². The van der Waals surface area contributed by atoms with Gasteiger partial charge in [0, 0.05) is 16.3 Å². The molecule has 0 N–H and O–H groups in total. The molecular weight excluding hydrogens is 264 g/mol. The van der Waals surface area contributed by atoms with Crippen LogP contribution in [0.4, 0.5) is 0 Å². The third kappa shape index (κ3) is 3.90. The maximum absolute atomic E-state index is 11.8. The SMILES string of the molecule is O=C(CSCc1ccc(Cl)cc1)c1ccccc1. The van der Waals surface area contributed by atoms with Gasteiger partial charge in [0.25, 0.3) is 0 Å². The minimum atomic E-state index is 0.176. The van der Waals surface area contributed by atoms with Crippen molar-refractivity contribution in [3.05, 3.63) is 70.7 Å². The lowest BCUT2D eigenvalue weighted by Crippen LogP contribution is -2.02. The van der Waals surface area contributed by atoms with Crippen LogP contribution in [0.2, 0.25) is 5.02 Å². The van der Waals surface area contributed by atoms with Gasteiger partial charge in [-0.1, -0.05) is 54.1 Å². The first-order chi connectivity index (χ1) is 8.75. The molecule has 0 atom stereocenters. The average Bonchev–Trinajstić information content (AvgIpc) is 2.42. The molecule has 0 amide bonds. The second-order valence-electron chi connectivity index (χ2n) is 3.91. The van der Waals surface area contributed by atoms with Crippen molar-refractivity contribution in [3.8, 4) is 0 Å². The molecule has 0 aliphatic heterocycles. The summed E-state index contributed by atoms with van der Waals surface area (Å²) in [5.41, 5.74) is 1.96. The zero-order valence-corrected chi connectivity index (χ0v) is 11.4. The Hall–Kier alpha value is -1.25. The van der Waals surface area contributed by atoms with E-state index in [-0.39, 0.29) is 5.78 Å². The topological polar surface area (TPSA) is 17.1 Å². The lowest BCUT2D eigenvalue weighted by atomic mass is 10.2. The second-order valence-corrected chi connectivity index (χ2v) is 5.33. The fourth-order valence-electron chi connectivity index (χ4n) is 1.55. The zero-order chi connectivity index (χ0) is 12.8. The molecule has 0 aliphatic rings. The van der Waals surface area contributed by atoms with E-state index in [2.05, 4.69) is 0 Å². The highest BCUT2D eigenvalue weighted by Crippen LogP contribution is 2.16. The van der Waals surface area contributed by atoms with Gasteiger partial charge in [-0.3, -0.25) is 4.79 Å². The van der Waals surface area contributed by atoms with E-state index in [0.29, 0.717) is 5.75 Å². The Bertz CT molecular complexity index is 508. The van der Waals surface area contributed by atoms with Crippen LogP contribution in [0.15, 0.2) is 54.6 Å². The van der Waals surface area contributed by atoms with Gasteiger partial charge < -0.3 is 0 Å². The molecule has 0 unspecified atom stereocenters. The molecule has 2 aromatic carbocycles. The highest BCUT2D eigenvalue weighted by Gasteiger charge is 2.04. The minimum absolute atomic E-state index is 0.176. The van der Waals surface area contributed by atoms with Gasteiger partial charge in [-0.25, -0.2) is 0 Å². The Morgan fingerprint density at radius 2 is 1.67 bits per heavy atom. The molecule has 0 radical (unpaired) electrons. The van der Waals surface area contributed by atoms with Gasteiger partial charge in [0.2, 0.25) is 0 Å². The standard InChI is InChI=1S/C15H13ClOS/c16-14-8-6-12(7-9-14)10-18-11-15(17)13-4-2-1-3-5-13/h1-9H,10-11H2. The summed E-state index contributed by atoms with van der Waals surface area (Å²) in [7, 11) is 0. The summed E-state index contributed by atoms with van der Waals surface area (Å²) in [5.74, 6) is 1.51. The van der Waals surface area contributed by atoms with E-state index in [1.54, 1.807) is 11.8 Å². The molecule has 0 fully saturated rings. The Labute approximate surface area is 116 Å². The molecule has 0 bridgehead atoms. The number of ketones is 1. The summed E-state index contributed by atoms with van der Waals surface area (Å²) in [4.78, 5) is 11.8. The van der Waals surface area contributed by atoms with Crippen molar-refractivity contribution in [2.75, 3.05) is 5.75 Å². The van der Waals surface area contributed by atoms with Gasteiger partial charge in [-0.05, 0) is 17.7 Å². The van der Waals surface area contributed by atoms with Gasteiger partial charge >= 0.3 is 0 Å². The van der Waals surface area contributed by atoms with Gasteiger partial charge in [0.05, 0.1) is 5.75 Å². The molecule has 0 saturated carbocycles. The van der Waals surface area contributed by atoms with Crippen LogP contribution >= 0.6 is 23.4 Å². The fraction of sp³-hybridized carbons (Fsp3) is 0.133. The Morgan fingerprint density at radius 3 is 2.33 bits per heavy atom. The van der Waals surface area contributed by atoms with Crippen molar-refractivity contribution in [3.63, 3.8) is 0 Å².